The Morgan fingerprint density at radius 1 is 1.50 bits per heavy atom. The molecule has 0 N–H and O–H groups in total. The number of rotatable bonds is 4. The quantitative estimate of drug-likeness (QED) is 0.795. The van der Waals surface area contributed by atoms with Crippen LogP contribution in [0, 0.1) is 0 Å². The number of ether oxygens (including phenoxy) is 1. The number of aromatic nitrogens is 1. The zero-order chi connectivity index (χ0) is 13.1. The van der Waals surface area contributed by atoms with Crippen LogP contribution in [0.3, 0.4) is 0 Å². The van der Waals surface area contributed by atoms with Gasteiger partial charge in [-0.1, -0.05) is 13.3 Å². The number of thiophene rings is 1. The molecule has 18 heavy (non-hydrogen) atoms. The number of fused-ring (bicyclic) bond motifs is 1. The van der Waals surface area contributed by atoms with Gasteiger partial charge in [-0.15, -0.1) is 11.3 Å². The number of aryl methyl sites for hydroxylation is 1. The Morgan fingerprint density at radius 3 is 2.94 bits per heavy atom. The van der Waals surface area contributed by atoms with Gasteiger partial charge >= 0.3 is 17.5 Å². The highest BCUT2D eigenvalue weighted by Crippen LogP contribution is 2.22. The van der Waals surface area contributed by atoms with Crippen LogP contribution in [-0.4, -0.2) is 17.6 Å². The Kier molecular flexibility index (Phi) is 3.76. The van der Waals surface area contributed by atoms with Crippen molar-refractivity contribution >= 4 is 27.5 Å². The molecule has 0 aliphatic carbocycles. The lowest BCUT2D eigenvalue weighted by atomic mass is 10.3. The van der Waals surface area contributed by atoms with Gasteiger partial charge in [0, 0.05) is 4.88 Å². The molecule has 0 aliphatic rings. The fraction of sp³-hybridized carbons (Fsp3) is 0.417. The first kappa shape index (κ1) is 12.8. The standard InChI is InChI=1S/C12H13NO4S/c1-3-5-7-6-8-10(18-7)13-9(17-11(8)14)12(15)16-4-2/h6H,3-5H2,1-2H3. The van der Waals surface area contributed by atoms with Crippen molar-refractivity contribution in [2.24, 2.45) is 0 Å². The van der Waals surface area contributed by atoms with Crippen molar-refractivity contribution < 1.29 is 13.9 Å². The molecule has 0 unspecified atom stereocenters. The molecule has 0 bridgehead atoms. The fourth-order valence-electron chi connectivity index (χ4n) is 1.57. The van der Waals surface area contributed by atoms with Gasteiger partial charge in [0.25, 0.3) is 0 Å². The molecule has 2 aromatic heterocycles. The third kappa shape index (κ3) is 2.43. The van der Waals surface area contributed by atoms with Crippen LogP contribution in [0.2, 0.25) is 0 Å². The monoisotopic (exact) mass is 267 g/mol. The van der Waals surface area contributed by atoms with Crippen molar-refractivity contribution in [3.8, 4) is 0 Å². The summed E-state index contributed by atoms with van der Waals surface area (Å²) in [5.41, 5.74) is -0.540. The van der Waals surface area contributed by atoms with Gasteiger partial charge in [0.05, 0.1) is 12.0 Å². The third-order valence-electron chi connectivity index (χ3n) is 2.32. The van der Waals surface area contributed by atoms with E-state index in [9.17, 15) is 9.59 Å². The second-order valence-corrected chi connectivity index (χ2v) is 4.82. The van der Waals surface area contributed by atoms with Crippen LogP contribution >= 0.6 is 11.3 Å². The van der Waals surface area contributed by atoms with Gasteiger partial charge in [-0.2, -0.15) is 4.98 Å². The molecule has 0 aliphatic heterocycles. The zero-order valence-corrected chi connectivity index (χ0v) is 11.0. The van der Waals surface area contributed by atoms with Gasteiger partial charge in [0.2, 0.25) is 0 Å². The lowest BCUT2D eigenvalue weighted by Gasteiger charge is -1.98. The van der Waals surface area contributed by atoms with E-state index in [1.54, 1.807) is 13.0 Å². The molecule has 0 aromatic carbocycles. The van der Waals surface area contributed by atoms with Gasteiger partial charge in [0.15, 0.2) is 0 Å². The summed E-state index contributed by atoms with van der Waals surface area (Å²) in [6, 6.07) is 1.78. The maximum atomic E-state index is 11.7. The first-order valence-electron chi connectivity index (χ1n) is 5.76. The maximum Gasteiger partial charge on any atom is 0.394 e. The summed E-state index contributed by atoms with van der Waals surface area (Å²) < 4.78 is 9.62. The molecule has 2 heterocycles. The van der Waals surface area contributed by atoms with Crippen molar-refractivity contribution in [3.63, 3.8) is 0 Å². The first-order chi connectivity index (χ1) is 8.65. The predicted octanol–water partition coefficient (Wildman–Crippen LogP) is 2.38. The van der Waals surface area contributed by atoms with E-state index in [0.717, 1.165) is 17.7 Å². The molecule has 5 nitrogen and oxygen atoms in total. The number of hydrogen-bond acceptors (Lipinski definition) is 6. The summed E-state index contributed by atoms with van der Waals surface area (Å²) in [7, 11) is 0. The molecule has 0 saturated carbocycles. The van der Waals surface area contributed by atoms with E-state index in [1.807, 2.05) is 0 Å². The van der Waals surface area contributed by atoms with E-state index in [1.165, 1.54) is 11.3 Å². The molecule has 0 saturated heterocycles. The molecule has 0 radical (unpaired) electrons. The Balaban J connectivity index is 2.48. The maximum absolute atomic E-state index is 11.7. The second kappa shape index (κ2) is 5.30. The molecule has 96 valence electrons. The highest BCUT2D eigenvalue weighted by molar-refractivity contribution is 7.18. The largest absolute Gasteiger partial charge is 0.459 e. The van der Waals surface area contributed by atoms with Crippen molar-refractivity contribution in [1.82, 2.24) is 4.98 Å². The van der Waals surface area contributed by atoms with E-state index >= 15 is 0 Å². The van der Waals surface area contributed by atoms with Crippen molar-refractivity contribution in [1.29, 1.82) is 0 Å². The molecule has 0 spiro atoms. The molecule has 6 heteroatoms. The smallest absolute Gasteiger partial charge is 0.394 e. The van der Waals surface area contributed by atoms with Crippen molar-refractivity contribution in [2.45, 2.75) is 26.7 Å². The number of carbonyl (C=O) groups excluding carboxylic acids is 1. The molecular formula is C12H13NO4S. The van der Waals surface area contributed by atoms with Gasteiger partial charge in [-0.25, -0.2) is 9.59 Å². The lowest BCUT2D eigenvalue weighted by molar-refractivity contribution is 0.0474. The van der Waals surface area contributed by atoms with Crippen LogP contribution in [-0.2, 0) is 11.2 Å². The first-order valence-corrected chi connectivity index (χ1v) is 6.58. The summed E-state index contributed by atoms with van der Waals surface area (Å²) in [4.78, 5) is 28.8. The number of esters is 1. The normalized spacial score (nSPS) is 10.8. The lowest BCUT2D eigenvalue weighted by Crippen LogP contribution is -2.11. The van der Waals surface area contributed by atoms with Gasteiger partial charge in [-0.05, 0) is 19.4 Å². The average molecular weight is 267 g/mol. The minimum absolute atomic E-state index is 0.216. The number of hydrogen-bond donors (Lipinski definition) is 0. The zero-order valence-electron chi connectivity index (χ0n) is 10.2. The Morgan fingerprint density at radius 2 is 2.28 bits per heavy atom. The van der Waals surface area contributed by atoms with Crippen LogP contribution in [0.4, 0.5) is 0 Å². The van der Waals surface area contributed by atoms with E-state index in [2.05, 4.69) is 11.9 Å². The Hall–Kier alpha value is -1.69. The van der Waals surface area contributed by atoms with Crippen LogP contribution in [0.25, 0.3) is 10.2 Å². The SMILES string of the molecule is CCCc1cc2c(=O)oc(C(=O)OCC)nc2s1. The fourth-order valence-corrected chi connectivity index (χ4v) is 2.68. The predicted molar refractivity (Wildman–Crippen MR) is 68.1 cm³/mol. The summed E-state index contributed by atoms with van der Waals surface area (Å²) in [6.45, 7) is 3.96. The van der Waals surface area contributed by atoms with Crippen molar-refractivity contribution in [3.05, 3.63) is 27.3 Å². The second-order valence-electron chi connectivity index (χ2n) is 3.71. The van der Waals surface area contributed by atoms with Gasteiger partial charge < -0.3 is 9.15 Å². The molecular weight excluding hydrogens is 254 g/mol. The van der Waals surface area contributed by atoms with Crippen LogP contribution in [0.5, 0.6) is 0 Å². The highest BCUT2D eigenvalue weighted by atomic mass is 32.1. The number of carbonyl (C=O) groups is 1. The average Bonchev–Trinajstić information content (AvgIpc) is 2.73. The van der Waals surface area contributed by atoms with Crippen LogP contribution in [0.15, 0.2) is 15.3 Å². The summed E-state index contributed by atoms with van der Waals surface area (Å²) in [5.74, 6) is -0.985. The van der Waals surface area contributed by atoms with Gasteiger partial charge in [0.1, 0.15) is 4.83 Å². The molecule has 2 rings (SSSR count). The Labute approximate surface area is 107 Å². The van der Waals surface area contributed by atoms with Crippen molar-refractivity contribution in [2.75, 3.05) is 6.61 Å². The summed E-state index contributed by atoms with van der Waals surface area (Å²) >= 11 is 1.41. The van der Waals surface area contributed by atoms with E-state index in [4.69, 9.17) is 9.15 Å². The molecule has 0 atom stereocenters. The van der Waals surface area contributed by atoms with E-state index in [-0.39, 0.29) is 12.5 Å². The Bertz CT molecular complexity index is 629. The molecule has 2 aromatic rings. The summed E-state index contributed by atoms with van der Waals surface area (Å²) in [5, 5.41) is 0.427. The topological polar surface area (TPSA) is 69.4 Å². The third-order valence-corrected chi connectivity index (χ3v) is 3.41. The number of nitrogens with zero attached hydrogens (tertiary/aromatic N) is 1. The van der Waals surface area contributed by atoms with E-state index < -0.39 is 11.6 Å². The van der Waals surface area contributed by atoms with Crippen LogP contribution in [0.1, 0.15) is 35.8 Å². The summed E-state index contributed by atoms with van der Waals surface area (Å²) in [6.07, 6.45) is 1.87. The minimum atomic E-state index is -0.707. The van der Waals surface area contributed by atoms with E-state index in [0.29, 0.717) is 10.2 Å². The highest BCUT2D eigenvalue weighted by Gasteiger charge is 2.16. The van der Waals surface area contributed by atoms with Crippen LogP contribution < -0.4 is 5.63 Å². The van der Waals surface area contributed by atoms with Gasteiger partial charge in [-0.3, -0.25) is 0 Å². The molecule has 0 amide bonds. The molecule has 0 fully saturated rings. The minimum Gasteiger partial charge on any atom is -0.459 e.